The van der Waals surface area contributed by atoms with Crippen LogP contribution in [0.3, 0.4) is 0 Å². The van der Waals surface area contributed by atoms with Crippen molar-refractivity contribution in [3.8, 4) is 0 Å². The number of aromatic nitrogens is 2. The summed E-state index contributed by atoms with van der Waals surface area (Å²) >= 11 is 0. The van der Waals surface area contributed by atoms with Crippen molar-refractivity contribution in [3.63, 3.8) is 0 Å². The molecule has 1 aliphatic carbocycles. The number of hydrogen-bond donors (Lipinski definition) is 1. The molecule has 0 aliphatic heterocycles. The third-order valence-corrected chi connectivity index (χ3v) is 4.78. The number of fused-ring (bicyclic) bond motifs is 3. The summed E-state index contributed by atoms with van der Waals surface area (Å²) in [6.07, 6.45) is 3.84. The number of nitrogens with zero attached hydrogens (tertiary/aromatic N) is 1. The van der Waals surface area contributed by atoms with E-state index in [0.29, 0.717) is 35.1 Å². The maximum Gasteiger partial charge on any atom is 0.330 e. The Morgan fingerprint density at radius 3 is 2.74 bits per heavy atom. The molecule has 4 rings (SSSR count). The van der Waals surface area contributed by atoms with Gasteiger partial charge in [0.2, 0.25) is 0 Å². The SMILES string of the molecule is CCOC(=O)/C=C/c1ccc2c(=O)[nH]c3cc(C(F)(F)C4CC4)ccc3n12. The van der Waals surface area contributed by atoms with E-state index in [9.17, 15) is 18.4 Å². The van der Waals surface area contributed by atoms with E-state index < -0.39 is 17.8 Å². The van der Waals surface area contributed by atoms with Crippen LogP contribution in [-0.2, 0) is 15.5 Å². The number of H-pyrrole nitrogens is 1. The first-order valence-electron chi connectivity index (χ1n) is 8.82. The van der Waals surface area contributed by atoms with E-state index in [1.165, 1.54) is 24.3 Å². The van der Waals surface area contributed by atoms with Crippen molar-refractivity contribution in [2.24, 2.45) is 5.92 Å². The molecule has 0 bridgehead atoms. The van der Waals surface area contributed by atoms with Crippen molar-refractivity contribution in [1.82, 2.24) is 9.38 Å². The van der Waals surface area contributed by atoms with Crippen LogP contribution in [-0.4, -0.2) is 22.0 Å². The van der Waals surface area contributed by atoms with E-state index in [-0.39, 0.29) is 17.7 Å². The number of ether oxygens (including phenoxy) is 1. The molecule has 2 aromatic heterocycles. The first-order chi connectivity index (χ1) is 12.9. The molecule has 1 fully saturated rings. The van der Waals surface area contributed by atoms with Gasteiger partial charge in [0, 0.05) is 23.3 Å². The normalized spacial score (nSPS) is 15.1. The van der Waals surface area contributed by atoms with Crippen molar-refractivity contribution in [2.45, 2.75) is 25.7 Å². The van der Waals surface area contributed by atoms with Crippen LogP contribution in [0.4, 0.5) is 8.78 Å². The molecule has 0 radical (unpaired) electrons. The fraction of sp³-hybridized carbons (Fsp3) is 0.300. The molecular weight excluding hydrogens is 354 g/mol. The van der Waals surface area contributed by atoms with E-state index >= 15 is 0 Å². The highest BCUT2D eigenvalue weighted by Gasteiger charge is 2.48. The van der Waals surface area contributed by atoms with Crippen LogP contribution in [0.1, 0.15) is 31.0 Å². The van der Waals surface area contributed by atoms with Crippen LogP contribution in [0.2, 0.25) is 0 Å². The molecule has 0 amide bonds. The van der Waals surface area contributed by atoms with Crippen LogP contribution in [0, 0.1) is 5.92 Å². The average molecular weight is 372 g/mol. The number of halogens is 2. The lowest BCUT2D eigenvalue weighted by molar-refractivity contribution is -0.137. The largest absolute Gasteiger partial charge is 0.463 e. The maximum absolute atomic E-state index is 14.4. The first-order valence-corrected chi connectivity index (χ1v) is 8.82. The molecule has 5 nitrogen and oxygen atoms in total. The molecule has 0 spiro atoms. The Balaban J connectivity index is 1.86. The van der Waals surface area contributed by atoms with Crippen molar-refractivity contribution in [1.29, 1.82) is 0 Å². The van der Waals surface area contributed by atoms with Gasteiger partial charge in [-0.25, -0.2) is 13.6 Å². The smallest absolute Gasteiger partial charge is 0.330 e. The van der Waals surface area contributed by atoms with Crippen molar-refractivity contribution >= 4 is 28.6 Å². The molecule has 1 saturated carbocycles. The third kappa shape index (κ3) is 3.03. The molecule has 2 heterocycles. The zero-order chi connectivity index (χ0) is 19.2. The highest BCUT2D eigenvalue weighted by Crippen LogP contribution is 2.49. The minimum atomic E-state index is -2.90. The van der Waals surface area contributed by atoms with Gasteiger partial charge in [0.15, 0.2) is 0 Å². The molecule has 140 valence electrons. The minimum absolute atomic E-state index is 0.0942. The van der Waals surface area contributed by atoms with Crippen LogP contribution < -0.4 is 5.56 Å². The van der Waals surface area contributed by atoms with Crippen LogP contribution in [0.5, 0.6) is 0 Å². The molecule has 27 heavy (non-hydrogen) atoms. The van der Waals surface area contributed by atoms with Gasteiger partial charge in [-0.15, -0.1) is 0 Å². The minimum Gasteiger partial charge on any atom is -0.463 e. The Hall–Kier alpha value is -2.96. The van der Waals surface area contributed by atoms with Gasteiger partial charge in [-0.1, -0.05) is 6.07 Å². The summed E-state index contributed by atoms with van der Waals surface area (Å²) in [5, 5.41) is 0. The number of rotatable bonds is 5. The second-order valence-electron chi connectivity index (χ2n) is 6.65. The van der Waals surface area contributed by atoms with Gasteiger partial charge in [0.25, 0.3) is 11.5 Å². The summed E-state index contributed by atoms with van der Waals surface area (Å²) in [5.74, 6) is -4.02. The fourth-order valence-corrected chi connectivity index (χ4v) is 3.28. The van der Waals surface area contributed by atoms with E-state index in [2.05, 4.69) is 4.98 Å². The number of carbonyl (C=O) groups is 1. The van der Waals surface area contributed by atoms with Gasteiger partial charge < -0.3 is 14.1 Å². The monoisotopic (exact) mass is 372 g/mol. The predicted octanol–water partition coefficient (Wildman–Crippen LogP) is 3.86. The lowest BCUT2D eigenvalue weighted by atomic mass is 10.0. The Morgan fingerprint density at radius 2 is 2.04 bits per heavy atom. The lowest BCUT2D eigenvalue weighted by Gasteiger charge is -2.16. The van der Waals surface area contributed by atoms with E-state index in [4.69, 9.17) is 4.74 Å². The first kappa shape index (κ1) is 17.5. The predicted molar refractivity (Wildman–Crippen MR) is 97.8 cm³/mol. The van der Waals surface area contributed by atoms with Gasteiger partial charge in [0.1, 0.15) is 5.52 Å². The summed E-state index contributed by atoms with van der Waals surface area (Å²) in [6, 6.07) is 7.62. The van der Waals surface area contributed by atoms with E-state index in [1.807, 2.05) is 0 Å². The van der Waals surface area contributed by atoms with Crippen molar-refractivity contribution < 1.29 is 18.3 Å². The summed E-state index contributed by atoms with van der Waals surface area (Å²) in [4.78, 5) is 26.6. The maximum atomic E-state index is 14.4. The van der Waals surface area contributed by atoms with Crippen molar-refractivity contribution in [3.05, 3.63) is 58.0 Å². The van der Waals surface area contributed by atoms with Crippen LogP contribution in [0.25, 0.3) is 22.6 Å². The summed E-state index contributed by atoms with van der Waals surface area (Å²) in [6.45, 7) is 1.97. The number of nitrogens with one attached hydrogen (secondary N) is 1. The Bertz CT molecular complexity index is 1120. The number of hydrogen-bond acceptors (Lipinski definition) is 3. The molecule has 1 aromatic carbocycles. The lowest BCUT2D eigenvalue weighted by Crippen LogP contribution is -2.17. The molecule has 3 aromatic rings. The zero-order valence-corrected chi connectivity index (χ0v) is 14.7. The van der Waals surface area contributed by atoms with E-state index in [1.54, 1.807) is 29.5 Å². The van der Waals surface area contributed by atoms with Crippen molar-refractivity contribution in [2.75, 3.05) is 6.61 Å². The number of benzene rings is 1. The third-order valence-electron chi connectivity index (χ3n) is 4.78. The number of alkyl halides is 2. The standard InChI is InChI=1S/C20H18F2N2O3/c1-2-27-18(25)10-7-14-6-9-17-19(26)23-15-11-13(5-8-16(15)24(14)17)20(21,22)12-3-4-12/h5-12H,2-4H2,1H3,(H,23,26)/b10-7+. The topological polar surface area (TPSA) is 63.6 Å². The molecule has 1 aliphatic rings. The van der Waals surface area contributed by atoms with Crippen LogP contribution in [0.15, 0.2) is 41.2 Å². The average Bonchev–Trinajstić information content (AvgIpc) is 3.41. The zero-order valence-electron chi connectivity index (χ0n) is 14.7. The quantitative estimate of drug-likeness (QED) is 0.546. The molecule has 7 heteroatoms. The molecule has 0 atom stereocenters. The summed E-state index contributed by atoms with van der Waals surface area (Å²) < 4.78 is 35.3. The Kier molecular flexibility index (Phi) is 4.09. The van der Waals surface area contributed by atoms with Gasteiger partial charge in [-0.2, -0.15) is 0 Å². The van der Waals surface area contributed by atoms with Crippen LogP contribution >= 0.6 is 0 Å². The molecular formula is C20H18F2N2O3. The Morgan fingerprint density at radius 1 is 1.30 bits per heavy atom. The van der Waals surface area contributed by atoms with Gasteiger partial charge in [-0.3, -0.25) is 4.79 Å². The number of carbonyl (C=O) groups excluding carboxylic acids is 1. The highest BCUT2D eigenvalue weighted by atomic mass is 19.3. The van der Waals surface area contributed by atoms with Gasteiger partial charge in [-0.05, 0) is 50.1 Å². The number of aromatic amines is 1. The van der Waals surface area contributed by atoms with E-state index in [0.717, 1.165) is 0 Å². The second-order valence-corrected chi connectivity index (χ2v) is 6.65. The highest BCUT2D eigenvalue weighted by molar-refractivity contribution is 5.88. The van der Waals surface area contributed by atoms with Gasteiger partial charge in [0.05, 0.1) is 17.6 Å². The Labute approximate surface area is 153 Å². The molecule has 0 saturated heterocycles. The second kappa shape index (κ2) is 6.33. The summed E-state index contributed by atoms with van der Waals surface area (Å²) in [7, 11) is 0. The molecule has 1 N–H and O–H groups in total. The van der Waals surface area contributed by atoms with Gasteiger partial charge >= 0.3 is 5.97 Å². The molecule has 0 unspecified atom stereocenters. The number of esters is 1. The fourth-order valence-electron chi connectivity index (χ4n) is 3.28. The summed E-state index contributed by atoms with van der Waals surface area (Å²) in [5.41, 5.74) is 1.37.